The van der Waals surface area contributed by atoms with E-state index in [2.05, 4.69) is 5.32 Å². The average molecular weight is 333 g/mol. The van der Waals surface area contributed by atoms with Gasteiger partial charge in [0.1, 0.15) is 0 Å². The molecule has 24 heavy (non-hydrogen) atoms. The van der Waals surface area contributed by atoms with Crippen molar-refractivity contribution in [1.29, 1.82) is 0 Å². The van der Waals surface area contributed by atoms with Crippen molar-refractivity contribution in [2.24, 2.45) is 0 Å². The lowest BCUT2D eigenvalue weighted by Gasteiger charge is -2.19. The van der Waals surface area contributed by atoms with Crippen molar-refractivity contribution in [1.82, 2.24) is 5.32 Å². The highest BCUT2D eigenvalue weighted by molar-refractivity contribution is 5.92. The molecule has 1 saturated carbocycles. The predicted octanol–water partition coefficient (Wildman–Crippen LogP) is 3.22. The van der Waals surface area contributed by atoms with Crippen molar-refractivity contribution >= 4 is 11.9 Å². The fourth-order valence-electron chi connectivity index (χ4n) is 2.98. The monoisotopic (exact) mass is 333 g/mol. The van der Waals surface area contributed by atoms with Gasteiger partial charge in [0.25, 0.3) is 5.91 Å². The van der Waals surface area contributed by atoms with Crippen molar-refractivity contribution < 1.29 is 19.1 Å². The molecule has 0 unspecified atom stereocenters. The largest absolute Gasteiger partial charge is 0.449 e. The van der Waals surface area contributed by atoms with E-state index in [-0.39, 0.29) is 11.9 Å². The van der Waals surface area contributed by atoms with E-state index in [1.807, 2.05) is 6.07 Å². The van der Waals surface area contributed by atoms with Crippen molar-refractivity contribution in [2.75, 3.05) is 7.11 Å². The zero-order valence-corrected chi connectivity index (χ0v) is 14.5. The summed E-state index contributed by atoms with van der Waals surface area (Å²) < 4.78 is 10.4. The van der Waals surface area contributed by atoms with Crippen LogP contribution in [0.2, 0.25) is 0 Å². The van der Waals surface area contributed by atoms with E-state index in [0.717, 1.165) is 31.2 Å². The second-order valence-electron chi connectivity index (χ2n) is 6.38. The number of esters is 1. The van der Waals surface area contributed by atoms with Crippen LogP contribution in [0.4, 0.5) is 0 Å². The number of nitrogens with one attached hydrogen (secondary N) is 1. The Labute approximate surface area is 143 Å². The standard InChI is InChI=1S/C19H27NO4/c1-14(18(21)20-17-10-5-3-4-6-11-17)24-19(22)16-9-7-8-15(12-16)13-23-2/h7-9,12,14,17H,3-6,10-11,13H2,1-2H3,(H,20,21)/t14-/m1/s1. The summed E-state index contributed by atoms with van der Waals surface area (Å²) in [6.07, 6.45) is 5.96. The predicted molar refractivity (Wildman–Crippen MR) is 91.7 cm³/mol. The Bertz CT molecular complexity index is 550. The molecule has 0 spiro atoms. The maximum Gasteiger partial charge on any atom is 0.338 e. The number of ether oxygens (including phenoxy) is 2. The lowest BCUT2D eigenvalue weighted by molar-refractivity contribution is -0.129. The SMILES string of the molecule is COCc1cccc(C(=O)O[C@H](C)C(=O)NC2CCCCCC2)c1. The van der Waals surface area contributed by atoms with Crippen LogP contribution in [-0.2, 0) is 20.9 Å². The lowest BCUT2D eigenvalue weighted by Crippen LogP contribution is -2.41. The van der Waals surface area contributed by atoms with Gasteiger partial charge in [0.2, 0.25) is 0 Å². The zero-order chi connectivity index (χ0) is 17.4. The third kappa shape index (κ3) is 5.64. The first-order valence-electron chi connectivity index (χ1n) is 8.69. The van der Waals surface area contributed by atoms with Gasteiger partial charge < -0.3 is 14.8 Å². The van der Waals surface area contributed by atoms with Crippen LogP contribution >= 0.6 is 0 Å². The Balaban J connectivity index is 1.88. The molecule has 5 nitrogen and oxygen atoms in total. The van der Waals surface area contributed by atoms with Gasteiger partial charge >= 0.3 is 5.97 Å². The minimum absolute atomic E-state index is 0.200. The molecule has 1 fully saturated rings. The van der Waals surface area contributed by atoms with Gasteiger partial charge in [0, 0.05) is 13.2 Å². The maximum absolute atomic E-state index is 12.3. The quantitative estimate of drug-likeness (QED) is 0.641. The van der Waals surface area contributed by atoms with Gasteiger partial charge in [-0.15, -0.1) is 0 Å². The third-order valence-electron chi connectivity index (χ3n) is 4.33. The minimum Gasteiger partial charge on any atom is -0.449 e. The van der Waals surface area contributed by atoms with Crippen molar-refractivity contribution in [3.8, 4) is 0 Å². The highest BCUT2D eigenvalue weighted by Crippen LogP contribution is 2.17. The van der Waals surface area contributed by atoms with Crippen LogP contribution in [0.25, 0.3) is 0 Å². The molecule has 1 aromatic carbocycles. The number of benzene rings is 1. The number of hydrogen-bond donors (Lipinski definition) is 1. The van der Waals surface area contributed by atoms with Crippen LogP contribution in [0, 0.1) is 0 Å². The van der Waals surface area contributed by atoms with E-state index in [1.165, 1.54) is 12.8 Å². The summed E-state index contributed by atoms with van der Waals surface area (Å²) in [5.74, 6) is -0.709. The summed E-state index contributed by atoms with van der Waals surface area (Å²) in [7, 11) is 1.60. The molecule has 0 aliphatic heterocycles. The number of amides is 1. The first-order valence-corrected chi connectivity index (χ1v) is 8.69. The van der Waals surface area contributed by atoms with Gasteiger partial charge in [0.05, 0.1) is 12.2 Å². The molecule has 1 aromatic rings. The first-order chi connectivity index (χ1) is 11.6. The molecule has 132 valence electrons. The molecule has 1 aliphatic carbocycles. The summed E-state index contributed by atoms with van der Waals surface area (Å²) >= 11 is 0. The highest BCUT2D eigenvalue weighted by Gasteiger charge is 2.22. The maximum atomic E-state index is 12.3. The van der Waals surface area contributed by atoms with E-state index >= 15 is 0 Å². The second kappa shape index (κ2) is 9.42. The Morgan fingerprint density at radius 3 is 2.58 bits per heavy atom. The van der Waals surface area contributed by atoms with Crippen molar-refractivity contribution in [3.05, 3.63) is 35.4 Å². The fourth-order valence-corrected chi connectivity index (χ4v) is 2.98. The molecule has 1 N–H and O–H groups in total. The van der Waals surface area contributed by atoms with E-state index < -0.39 is 12.1 Å². The van der Waals surface area contributed by atoms with Crippen LogP contribution < -0.4 is 5.32 Å². The van der Waals surface area contributed by atoms with Crippen LogP contribution in [-0.4, -0.2) is 31.1 Å². The third-order valence-corrected chi connectivity index (χ3v) is 4.33. The molecule has 2 rings (SSSR count). The van der Waals surface area contributed by atoms with Crippen molar-refractivity contribution in [2.45, 2.75) is 64.2 Å². The van der Waals surface area contributed by atoms with Gasteiger partial charge in [-0.25, -0.2) is 4.79 Å². The molecule has 0 radical (unpaired) electrons. The van der Waals surface area contributed by atoms with Gasteiger partial charge in [-0.1, -0.05) is 37.8 Å². The Morgan fingerprint density at radius 2 is 1.92 bits per heavy atom. The molecule has 0 aromatic heterocycles. The zero-order valence-electron chi connectivity index (χ0n) is 14.5. The van der Waals surface area contributed by atoms with Gasteiger partial charge in [-0.2, -0.15) is 0 Å². The summed E-state index contributed by atoms with van der Waals surface area (Å²) in [6, 6.07) is 7.26. The molecular formula is C19H27NO4. The van der Waals surface area contributed by atoms with E-state index in [1.54, 1.807) is 32.2 Å². The number of carbonyl (C=O) groups is 2. The Morgan fingerprint density at radius 1 is 1.21 bits per heavy atom. The Hall–Kier alpha value is -1.88. The van der Waals surface area contributed by atoms with E-state index in [9.17, 15) is 9.59 Å². The minimum atomic E-state index is -0.799. The fraction of sp³-hybridized carbons (Fsp3) is 0.579. The van der Waals surface area contributed by atoms with Gasteiger partial charge in [-0.3, -0.25) is 4.79 Å². The molecule has 0 saturated heterocycles. The number of carbonyl (C=O) groups excluding carboxylic acids is 2. The van der Waals surface area contributed by atoms with Gasteiger partial charge in [-0.05, 0) is 37.5 Å². The molecule has 5 heteroatoms. The van der Waals surface area contributed by atoms with Crippen LogP contribution in [0.1, 0.15) is 61.4 Å². The average Bonchev–Trinajstić information content (AvgIpc) is 2.84. The van der Waals surface area contributed by atoms with Crippen LogP contribution in [0.15, 0.2) is 24.3 Å². The molecular weight excluding hydrogens is 306 g/mol. The normalized spacial score (nSPS) is 16.9. The molecule has 0 bridgehead atoms. The van der Waals surface area contributed by atoms with Crippen LogP contribution in [0.3, 0.4) is 0 Å². The van der Waals surface area contributed by atoms with Crippen molar-refractivity contribution in [3.63, 3.8) is 0 Å². The first kappa shape index (κ1) is 18.5. The number of rotatable bonds is 6. The second-order valence-corrected chi connectivity index (χ2v) is 6.38. The molecule has 1 aliphatic rings. The van der Waals surface area contributed by atoms with Crippen LogP contribution in [0.5, 0.6) is 0 Å². The number of methoxy groups -OCH3 is 1. The molecule has 0 heterocycles. The van der Waals surface area contributed by atoms with Gasteiger partial charge in [0.15, 0.2) is 6.10 Å². The lowest BCUT2D eigenvalue weighted by atomic mass is 10.1. The van der Waals surface area contributed by atoms with E-state index in [4.69, 9.17) is 9.47 Å². The summed E-state index contributed by atoms with van der Waals surface area (Å²) in [6.45, 7) is 2.04. The smallest absolute Gasteiger partial charge is 0.338 e. The topological polar surface area (TPSA) is 64.6 Å². The summed E-state index contributed by atoms with van der Waals surface area (Å²) in [4.78, 5) is 24.5. The molecule has 1 amide bonds. The highest BCUT2D eigenvalue weighted by atomic mass is 16.5. The molecule has 1 atom stereocenters. The van der Waals surface area contributed by atoms with E-state index in [0.29, 0.717) is 12.2 Å². The summed E-state index contributed by atoms with van der Waals surface area (Å²) in [5.41, 5.74) is 1.32. The number of hydrogen-bond acceptors (Lipinski definition) is 4. The Kier molecular flexibility index (Phi) is 7.25. The summed E-state index contributed by atoms with van der Waals surface area (Å²) in [5, 5.41) is 3.01.